The van der Waals surface area contributed by atoms with Crippen LogP contribution in [0.15, 0.2) is 54.7 Å². The van der Waals surface area contributed by atoms with Crippen molar-refractivity contribution in [1.82, 2.24) is 29.6 Å². The third-order valence-electron chi connectivity index (χ3n) is 7.19. The van der Waals surface area contributed by atoms with Crippen molar-refractivity contribution in [3.63, 3.8) is 0 Å². The van der Waals surface area contributed by atoms with E-state index in [1.54, 1.807) is 10.9 Å². The highest BCUT2D eigenvalue weighted by Gasteiger charge is 2.19. The molecular formula is C28H30N8O. The molecule has 4 heterocycles. The van der Waals surface area contributed by atoms with Crippen molar-refractivity contribution in [3.05, 3.63) is 71.5 Å². The number of rotatable bonds is 5. The lowest BCUT2D eigenvalue weighted by Crippen LogP contribution is -2.46. The number of hydrogen-bond acceptors (Lipinski definition) is 6. The summed E-state index contributed by atoms with van der Waals surface area (Å²) in [6.07, 6.45) is 1.59. The van der Waals surface area contributed by atoms with Gasteiger partial charge in [-0.3, -0.25) is 4.79 Å². The lowest BCUT2D eigenvalue weighted by Gasteiger charge is -2.35. The Hall–Kier alpha value is -4.24. The number of aromatic amines is 1. The predicted molar refractivity (Wildman–Crippen MR) is 147 cm³/mol. The number of imidazole rings is 1. The van der Waals surface area contributed by atoms with Gasteiger partial charge in [-0.1, -0.05) is 19.1 Å². The molecule has 1 fully saturated rings. The van der Waals surface area contributed by atoms with Gasteiger partial charge in [0.05, 0.1) is 22.3 Å². The molecule has 0 saturated carbocycles. The molecule has 9 heteroatoms. The zero-order chi connectivity index (χ0) is 25.5. The van der Waals surface area contributed by atoms with Crippen molar-refractivity contribution in [2.75, 3.05) is 42.9 Å². The summed E-state index contributed by atoms with van der Waals surface area (Å²) in [5, 5.41) is 8.51. The van der Waals surface area contributed by atoms with Crippen LogP contribution in [0.3, 0.4) is 0 Å². The Morgan fingerprint density at radius 1 is 1.05 bits per heavy atom. The molecule has 9 nitrogen and oxygen atoms in total. The van der Waals surface area contributed by atoms with Crippen LogP contribution < -0.4 is 10.2 Å². The number of aryl methyl sites for hydroxylation is 2. The summed E-state index contributed by atoms with van der Waals surface area (Å²) < 4.78 is 1.69. The molecule has 0 aliphatic carbocycles. The molecular weight excluding hydrogens is 464 g/mol. The Labute approximate surface area is 215 Å². The highest BCUT2D eigenvalue weighted by Crippen LogP contribution is 2.26. The Morgan fingerprint density at radius 2 is 1.86 bits per heavy atom. The summed E-state index contributed by atoms with van der Waals surface area (Å²) in [6.45, 7) is 11.4. The van der Waals surface area contributed by atoms with Gasteiger partial charge in [0.25, 0.3) is 5.91 Å². The van der Waals surface area contributed by atoms with E-state index in [-0.39, 0.29) is 5.91 Å². The smallest absolute Gasteiger partial charge is 0.257 e. The minimum atomic E-state index is -0.197. The molecule has 5 aromatic rings. The monoisotopic (exact) mass is 494 g/mol. The zero-order valence-electron chi connectivity index (χ0n) is 21.3. The van der Waals surface area contributed by atoms with Crippen molar-refractivity contribution in [2.45, 2.75) is 20.8 Å². The number of nitrogens with zero attached hydrogens (tertiary/aromatic N) is 6. The number of carbonyl (C=O) groups is 1. The average molecular weight is 495 g/mol. The Morgan fingerprint density at radius 3 is 2.62 bits per heavy atom. The van der Waals surface area contributed by atoms with E-state index in [0.29, 0.717) is 17.2 Å². The first-order valence-corrected chi connectivity index (χ1v) is 12.7. The fourth-order valence-electron chi connectivity index (χ4n) is 4.96. The first-order valence-electron chi connectivity index (χ1n) is 12.7. The molecule has 2 N–H and O–H groups in total. The summed E-state index contributed by atoms with van der Waals surface area (Å²) in [5.41, 5.74) is 6.74. The summed E-state index contributed by atoms with van der Waals surface area (Å²) >= 11 is 0. The van der Waals surface area contributed by atoms with Crippen LogP contribution in [-0.2, 0) is 0 Å². The van der Waals surface area contributed by atoms with Crippen LogP contribution in [0.1, 0.15) is 28.5 Å². The lowest BCUT2D eigenvalue weighted by atomic mass is 10.1. The van der Waals surface area contributed by atoms with Gasteiger partial charge >= 0.3 is 0 Å². The SMILES string of the molecule is CCN1CCN(c2ccc(NC(=O)c3cnc4c(c3)c(C)nn4-c3nc4ccccc4[nH]3)c(C)c2)CC1. The van der Waals surface area contributed by atoms with Crippen LogP contribution in [0.4, 0.5) is 11.4 Å². The maximum absolute atomic E-state index is 13.2. The number of benzene rings is 2. The summed E-state index contributed by atoms with van der Waals surface area (Å²) in [7, 11) is 0. The van der Waals surface area contributed by atoms with Crippen LogP contribution in [-0.4, -0.2) is 68.3 Å². The molecule has 6 rings (SSSR count). The summed E-state index contributed by atoms with van der Waals surface area (Å²) in [5.74, 6) is 0.397. The van der Waals surface area contributed by atoms with E-state index in [0.717, 1.165) is 66.1 Å². The molecule has 2 aromatic carbocycles. The van der Waals surface area contributed by atoms with E-state index in [1.807, 2.05) is 50.2 Å². The third kappa shape index (κ3) is 4.31. The van der Waals surface area contributed by atoms with Gasteiger partial charge in [-0.25, -0.2) is 9.97 Å². The van der Waals surface area contributed by atoms with E-state index in [1.165, 1.54) is 5.69 Å². The topological polar surface area (TPSA) is 95.0 Å². The van der Waals surface area contributed by atoms with Crippen molar-refractivity contribution in [1.29, 1.82) is 0 Å². The third-order valence-corrected chi connectivity index (χ3v) is 7.19. The number of hydrogen-bond donors (Lipinski definition) is 2. The molecule has 0 unspecified atom stereocenters. The van der Waals surface area contributed by atoms with Crippen molar-refractivity contribution < 1.29 is 4.79 Å². The molecule has 1 amide bonds. The van der Waals surface area contributed by atoms with E-state index in [2.05, 4.69) is 54.2 Å². The molecule has 0 atom stereocenters. The summed E-state index contributed by atoms with van der Waals surface area (Å²) in [6, 6.07) is 15.9. The first kappa shape index (κ1) is 23.2. The number of piperazine rings is 1. The van der Waals surface area contributed by atoms with Crippen molar-refractivity contribution >= 4 is 39.3 Å². The zero-order valence-corrected chi connectivity index (χ0v) is 21.3. The van der Waals surface area contributed by atoms with Crippen LogP contribution in [0.25, 0.3) is 28.0 Å². The van der Waals surface area contributed by atoms with Gasteiger partial charge in [-0.15, -0.1) is 0 Å². The first-order chi connectivity index (χ1) is 18.0. The number of nitrogens with one attached hydrogen (secondary N) is 2. The largest absolute Gasteiger partial charge is 0.369 e. The highest BCUT2D eigenvalue weighted by molar-refractivity contribution is 6.06. The Bertz CT molecular complexity index is 1580. The van der Waals surface area contributed by atoms with Crippen molar-refractivity contribution in [2.24, 2.45) is 0 Å². The molecule has 0 radical (unpaired) electrons. The Balaban J connectivity index is 1.22. The number of aromatic nitrogens is 5. The number of likely N-dealkylation sites (N-methyl/N-ethyl adjacent to an activating group) is 1. The molecule has 1 saturated heterocycles. The number of fused-ring (bicyclic) bond motifs is 2. The number of H-pyrrole nitrogens is 1. The highest BCUT2D eigenvalue weighted by atomic mass is 16.1. The molecule has 0 spiro atoms. The van der Waals surface area contributed by atoms with E-state index in [4.69, 9.17) is 0 Å². The number of para-hydroxylation sites is 2. The second kappa shape index (κ2) is 9.33. The Kier molecular flexibility index (Phi) is 5.84. The number of carbonyl (C=O) groups excluding carboxylic acids is 1. The summed E-state index contributed by atoms with van der Waals surface area (Å²) in [4.78, 5) is 30.5. The van der Waals surface area contributed by atoms with Crippen LogP contribution in [0.2, 0.25) is 0 Å². The quantitative estimate of drug-likeness (QED) is 0.378. The fraction of sp³-hybridized carbons (Fsp3) is 0.286. The minimum Gasteiger partial charge on any atom is -0.369 e. The van der Waals surface area contributed by atoms with Crippen LogP contribution in [0, 0.1) is 13.8 Å². The van der Waals surface area contributed by atoms with E-state index >= 15 is 0 Å². The van der Waals surface area contributed by atoms with Gasteiger partial charge in [-0.05, 0) is 62.4 Å². The van der Waals surface area contributed by atoms with Crippen molar-refractivity contribution in [3.8, 4) is 5.95 Å². The van der Waals surface area contributed by atoms with Crippen LogP contribution >= 0.6 is 0 Å². The molecule has 188 valence electrons. The second-order valence-electron chi connectivity index (χ2n) is 9.54. The van der Waals surface area contributed by atoms with Gasteiger partial charge in [0, 0.05) is 49.1 Å². The van der Waals surface area contributed by atoms with Gasteiger partial charge in [0.15, 0.2) is 5.65 Å². The maximum atomic E-state index is 13.2. The normalized spacial score (nSPS) is 14.5. The van der Waals surface area contributed by atoms with Gasteiger partial charge in [0.2, 0.25) is 5.95 Å². The predicted octanol–water partition coefficient (Wildman–Crippen LogP) is 4.31. The lowest BCUT2D eigenvalue weighted by molar-refractivity contribution is 0.102. The van der Waals surface area contributed by atoms with Crippen LogP contribution in [0.5, 0.6) is 0 Å². The molecule has 3 aromatic heterocycles. The standard InChI is InChI=1S/C28H30N8O/c1-4-34-11-13-35(14-12-34)21-9-10-23(18(2)15-21)30-27(37)20-16-22-19(3)33-36(26(22)29-17-20)28-31-24-7-5-6-8-25(24)32-28/h5-10,15-17H,4,11-14H2,1-3H3,(H,30,37)(H,31,32). The number of amides is 1. The second-order valence-corrected chi connectivity index (χ2v) is 9.54. The van der Waals surface area contributed by atoms with E-state index < -0.39 is 0 Å². The molecule has 1 aliphatic heterocycles. The molecule has 1 aliphatic rings. The molecule has 0 bridgehead atoms. The number of anilines is 2. The average Bonchev–Trinajstić information content (AvgIpc) is 3.50. The van der Waals surface area contributed by atoms with E-state index in [9.17, 15) is 4.79 Å². The van der Waals surface area contributed by atoms with Gasteiger partial charge < -0.3 is 20.1 Å². The number of pyridine rings is 1. The fourth-order valence-corrected chi connectivity index (χ4v) is 4.96. The molecule has 37 heavy (non-hydrogen) atoms. The van der Waals surface area contributed by atoms with Gasteiger partial charge in [0.1, 0.15) is 0 Å². The van der Waals surface area contributed by atoms with Gasteiger partial charge in [-0.2, -0.15) is 9.78 Å². The minimum absolute atomic E-state index is 0.197. The maximum Gasteiger partial charge on any atom is 0.257 e.